The Morgan fingerprint density at radius 3 is 2.57 bits per heavy atom. The van der Waals surface area contributed by atoms with Gasteiger partial charge in [-0.25, -0.2) is 4.98 Å². The lowest BCUT2D eigenvalue weighted by molar-refractivity contribution is 0.102. The molecule has 0 saturated heterocycles. The Kier molecular flexibility index (Phi) is 6.55. The van der Waals surface area contributed by atoms with Crippen LogP contribution in [0.1, 0.15) is 59.3 Å². The zero-order chi connectivity index (χ0) is 25.4. The van der Waals surface area contributed by atoms with E-state index in [-0.39, 0.29) is 29.1 Å². The molecule has 0 atom stereocenters. The van der Waals surface area contributed by atoms with Crippen LogP contribution in [0.15, 0.2) is 81.3 Å². The summed E-state index contributed by atoms with van der Waals surface area (Å²) in [6.07, 6.45) is 7.91. The number of hydrogen-bond acceptors (Lipinski definition) is 5. The average Bonchev–Trinajstić information content (AvgIpc) is 3.43. The second-order valence-corrected chi connectivity index (χ2v) is 11.4. The van der Waals surface area contributed by atoms with E-state index >= 15 is 0 Å². The Bertz CT molecular complexity index is 1500. The summed E-state index contributed by atoms with van der Waals surface area (Å²) in [4.78, 5) is 32.5. The summed E-state index contributed by atoms with van der Waals surface area (Å²) in [5.41, 5.74) is 4.28. The van der Waals surface area contributed by atoms with Gasteiger partial charge in [0.05, 0.1) is 29.8 Å². The molecule has 2 aliphatic carbocycles. The van der Waals surface area contributed by atoms with Crippen molar-refractivity contribution in [1.29, 1.82) is 0 Å². The van der Waals surface area contributed by atoms with Crippen LogP contribution in [0.3, 0.4) is 0 Å². The number of hydrogen-bond donors (Lipinski definition) is 0. The van der Waals surface area contributed by atoms with Crippen molar-refractivity contribution in [3.63, 3.8) is 0 Å². The maximum absolute atomic E-state index is 14.4. The van der Waals surface area contributed by atoms with Crippen molar-refractivity contribution in [2.24, 2.45) is 0 Å². The van der Waals surface area contributed by atoms with Gasteiger partial charge in [0, 0.05) is 21.6 Å². The minimum atomic E-state index is -0.195. The summed E-state index contributed by atoms with van der Waals surface area (Å²) in [5.74, 6) is 0.809. The van der Waals surface area contributed by atoms with Crippen molar-refractivity contribution in [2.75, 3.05) is 5.75 Å². The lowest BCUT2D eigenvalue weighted by atomic mass is 9.62. The van der Waals surface area contributed by atoms with Crippen LogP contribution in [-0.4, -0.2) is 21.1 Å². The number of benzene rings is 2. The molecule has 0 bridgehead atoms. The molecular weight excluding hydrogens is 504 g/mol. The van der Waals surface area contributed by atoms with Gasteiger partial charge in [0.15, 0.2) is 10.9 Å². The zero-order valence-electron chi connectivity index (χ0n) is 20.4. The standard InChI is InChI=1S/C30H27ClN2O3S/c31-22-12-10-20(11-13-22)25(34)19-37-29-32-27-24-9-3-2-7-21(24)17-30(14-4-1-5-15-30)26(27)28(35)33(29)18-23-8-6-16-36-23/h2-3,6-13,16H,1,4-5,14-15,17-19H2. The highest BCUT2D eigenvalue weighted by Crippen LogP contribution is 2.48. The minimum Gasteiger partial charge on any atom is -0.467 e. The lowest BCUT2D eigenvalue weighted by Crippen LogP contribution is -2.43. The predicted molar refractivity (Wildman–Crippen MR) is 147 cm³/mol. The van der Waals surface area contributed by atoms with Gasteiger partial charge < -0.3 is 4.42 Å². The number of carbonyl (C=O) groups excluding carboxylic acids is 1. The highest BCUT2D eigenvalue weighted by Gasteiger charge is 2.43. The maximum Gasteiger partial charge on any atom is 0.258 e. The van der Waals surface area contributed by atoms with E-state index in [0.717, 1.165) is 48.9 Å². The van der Waals surface area contributed by atoms with Crippen LogP contribution in [0.4, 0.5) is 0 Å². The second kappa shape index (κ2) is 9.99. The number of fused-ring (bicyclic) bond motifs is 4. The Balaban J connectivity index is 1.47. The number of carbonyl (C=O) groups is 1. The summed E-state index contributed by atoms with van der Waals surface area (Å²) < 4.78 is 7.32. The van der Waals surface area contributed by atoms with Gasteiger partial charge in [0.2, 0.25) is 0 Å². The van der Waals surface area contributed by atoms with Crippen molar-refractivity contribution in [1.82, 2.24) is 9.55 Å². The van der Waals surface area contributed by atoms with Crippen LogP contribution in [0, 0.1) is 0 Å². The van der Waals surface area contributed by atoms with E-state index in [0.29, 0.717) is 21.5 Å². The lowest BCUT2D eigenvalue weighted by Gasteiger charge is -2.42. The molecule has 0 radical (unpaired) electrons. The van der Waals surface area contributed by atoms with Gasteiger partial charge in [-0.3, -0.25) is 14.2 Å². The van der Waals surface area contributed by atoms with Gasteiger partial charge in [-0.05, 0) is 61.2 Å². The molecular formula is C30H27ClN2O3S. The SMILES string of the molecule is O=C(CSc1nc2c(c(=O)n1Cc1ccco1)C1(CCCCC1)Cc1ccccc1-2)c1ccc(Cl)cc1. The van der Waals surface area contributed by atoms with Gasteiger partial charge in [0.1, 0.15) is 5.76 Å². The third kappa shape index (κ3) is 4.57. The molecule has 2 aliphatic rings. The molecule has 0 amide bonds. The molecule has 7 heteroatoms. The summed E-state index contributed by atoms with van der Waals surface area (Å²) in [5, 5.41) is 1.12. The average molecular weight is 531 g/mol. The van der Waals surface area contributed by atoms with Gasteiger partial charge in [-0.1, -0.05) is 66.9 Å². The third-order valence-electron chi connectivity index (χ3n) is 7.67. The first kappa shape index (κ1) is 24.3. The minimum absolute atomic E-state index is 0.0146. The van der Waals surface area contributed by atoms with Gasteiger partial charge in [-0.15, -0.1) is 0 Å². The number of Topliss-reactive ketones (excluding diaryl/α,β-unsaturated/α-hetero) is 1. The fourth-order valence-electron chi connectivity index (χ4n) is 5.88. The Labute approximate surface area is 224 Å². The summed E-state index contributed by atoms with van der Waals surface area (Å²) in [6, 6.07) is 18.9. The Hall–Kier alpha value is -3.09. The summed E-state index contributed by atoms with van der Waals surface area (Å²) in [6.45, 7) is 0.279. The van der Waals surface area contributed by atoms with E-state index in [9.17, 15) is 9.59 Å². The van der Waals surface area contributed by atoms with Crippen molar-refractivity contribution >= 4 is 29.1 Å². The van der Waals surface area contributed by atoms with Crippen LogP contribution in [0.2, 0.25) is 5.02 Å². The van der Waals surface area contributed by atoms with Crippen molar-refractivity contribution in [3.05, 3.63) is 105 Å². The van der Waals surface area contributed by atoms with E-state index < -0.39 is 0 Å². The van der Waals surface area contributed by atoms with Crippen LogP contribution in [-0.2, 0) is 18.4 Å². The molecule has 5 nitrogen and oxygen atoms in total. The first-order chi connectivity index (χ1) is 18.0. The first-order valence-electron chi connectivity index (χ1n) is 12.7. The van der Waals surface area contributed by atoms with Gasteiger partial charge in [-0.2, -0.15) is 0 Å². The van der Waals surface area contributed by atoms with Crippen molar-refractivity contribution in [2.45, 2.75) is 55.6 Å². The van der Waals surface area contributed by atoms with Crippen LogP contribution in [0.5, 0.6) is 0 Å². The fraction of sp³-hybridized carbons (Fsp3) is 0.300. The summed E-state index contributed by atoms with van der Waals surface area (Å²) >= 11 is 7.29. The van der Waals surface area contributed by atoms with E-state index in [2.05, 4.69) is 18.2 Å². The van der Waals surface area contributed by atoms with Crippen LogP contribution in [0.25, 0.3) is 11.3 Å². The topological polar surface area (TPSA) is 65.1 Å². The third-order valence-corrected chi connectivity index (χ3v) is 8.90. The monoisotopic (exact) mass is 530 g/mol. The van der Waals surface area contributed by atoms with Gasteiger partial charge >= 0.3 is 0 Å². The largest absolute Gasteiger partial charge is 0.467 e. The maximum atomic E-state index is 14.4. The summed E-state index contributed by atoms with van der Waals surface area (Å²) in [7, 11) is 0. The van der Waals surface area contributed by atoms with Gasteiger partial charge in [0.25, 0.3) is 5.56 Å². The second-order valence-electron chi connectivity index (χ2n) is 9.98. The molecule has 2 aromatic heterocycles. The number of nitrogens with zero attached hydrogens (tertiary/aromatic N) is 2. The molecule has 1 spiro atoms. The predicted octanol–water partition coefficient (Wildman–Crippen LogP) is 6.94. The molecule has 2 aromatic carbocycles. The van der Waals surface area contributed by atoms with E-state index in [4.69, 9.17) is 21.0 Å². The molecule has 0 unspecified atom stereocenters. The smallest absolute Gasteiger partial charge is 0.258 e. The van der Waals surface area contributed by atoms with E-state index in [1.165, 1.54) is 23.7 Å². The molecule has 1 fully saturated rings. The van der Waals surface area contributed by atoms with E-state index in [1.807, 2.05) is 18.2 Å². The highest BCUT2D eigenvalue weighted by molar-refractivity contribution is 7.99. The molecule has 188 valence electrons. The fourth-order valence-corrected chi connectivity index (χ4v) is 6.89. The molecule has 37 heavy (non-hydrogen) atoms. The molecule has 2 heterocycles. The van der Waals surface area contributed by atoms with Crippen LogP contribution < -0.4 is 5.56 Å². The Morgan fingerprint density at radius 2 is 1.81 bits per heavy atom. The Morgan fingerprint density at radius 1 is 1.03 bits per heavy atom. The molecule has 4 aromatic rings. The molecule has 0 aliphatic heterocycles. The van der Waals surface area contributed by atoms with Crippen LogP contribution >= 0.6 is 23.4 Å². The number of halogens is 1. The quantitative estimate of drug-likeness (QED) is 0.153. The normalized spacial score (nSPS) is 15.8. The molecule has 1 saturated carbocycles. The van der Waals surface area contributed by atoms with Crippen molar-refractivity contribution < 1.29 is 9.21 Å². The number of thioether (sulfide) groups is 1. The number of ketones is 1. The number of aromatic nitrogens is 2. The molecule has 0 N–H and O–H groups in total. The number of furan rings is 1. The van der Waals surface area contributed by atoms with Crippen molar-refractivity contribution in [3.8, 4) is 11.3 Å². The number of rotatable bonds is 6. The molecule has 6 rings (SSSR count). The highest BCUT2D eigenvalue weighted by atomic mass is 35.5. The van der Waals surface area contributed by atoms with E-state index in [1.54, 1.807) is 35.1 Å². The zero-order valence-corrected chi connectivity index (χ0v) is 22.0. The first-order valence-corrected chi connectivity index (χ1v) is 14.1.